The molecule has 0 radical (unpaired) electrons. The van der Waals surface area contributed by atoms with Crippen molar-refractivity contribution in [3.8, 4) is 17.2 Å². The van der Waals surface area contributed by atoms with Gasteiger partial charge in [-0.3, -0.25) is 0 Å². The van der Waals surface area contributed by atoms with Crippen LogP contribution in [-0.2, 0) is 13.2 Å². The molecule has 0 saturated carbocycles. The van der Waals surface area contributed by atoms with Gasteiger partial charge in [-0.2, -0.15) is 0 Å². The highest BCUT2D eigenvalue weighted by Crippen LogP contribution is 2.24. The van der Waals surface area contributed by atoms with E-state index in [4.69, 9.17) is 13.9 Å². The Morgan fingerprint density at radius 3 is 2.52 bits per heavy atom. The van der Waals surface area contributed by atoms with E-state index in [1.807, 2.05) is 36.4 Å². The van der Waals surface area contributed by atoms with Crippen molar-refractivity contribution in [1.29, 1.82) is 0 Å². The molecule has 2 heterocycles. The van der Waals surface area contributed by atoms with Gasteiger partial charge >= 0.3 is 5.63 Å². The quantitative estimate of drug-likeness (QED) is 0.338. The Morgan fingerprint density at radius 1 is 0.909 bits per heavy atom. The minimum absolute atomic E-state index is 0.172. The Hall–Kier alpha value is -4.39. The molecule has 5 rings (SSSR count). The van der Waals surface area contributed by atoms with Crippen LogP contribution in [0.25, 0.3) is 16.7 Å². The number of hydrogen-bond donors (Lipinski definition) is 0. The lowest BCUT2D eigenvalue weighted by Crippen LogP contribution is -2.02. The molecule has 0 amide bonds. The van der Waals surface area contributed by atoms with Crippen LogP contribution in [0.4, 0.5) is 0 Å². The summed E-state index contributed by atoms with van der Waals surface area (Å²) in [5.41, 5.74) is 3.85. The summed E-state index contributed by atoms with van der Waals surface area (Å²) in [6.45, 7) is 2.75. The summed E-state index contributed by atoms with van der Waals surface area (Å²) in [7, 11) is 0. The van der Waals surface area contributed by atoms with Crippen LogP contribution in [0.15, 0.2) is 94.3 Å². The molecule has 0 atom stereocenters. The van der Waals surface area contributed by atoms with Crippen LogP contribution in [0.5, 0.6) is 11.5 Å². The van der Waals surface area contributed by atoms with Gasteiger partial charge in [-0.05, 0) is 48.9 Å². The monoisotopic (exact) mass is 439 g/mol. The van der Waals surface area contributed by atoms with Gasteiger partial charge in [-0.25, -0.2) is 9.48 Å². The molecule has 7 nitrogen and oxygen atoms in total. The second-order valence-corrected chi connectivity index (χ2v) is 7.64. The van der Waals surface area contributed by atoms with Crippen molar-refractivity contribution < 1.29 is 13.9 Å². The van der Waals surface area contributed by atoms with Crippen molar-refractivity contribution in [1.82, 2.24) is 15.0 Å². The van der Waals surface area contributed by atoms with E-state index < -0.39 is 5.63 Å². The van der Waals surface area contributed by atoms with Crippen LogP contribution < -0.4 is 15.1 Å². The first-order valence-corrected chi connectivity index (χ1v) is 10.5. The van der Waals surface area contributed by atoms with Crippen molar-refractivity contribution in [2.24, 2.45) is 0 Å². The summed E-state index contributed by atoms with van der Waals surface area (Å²) >= 11 is 0. The average molecular weight is 439 g/mol. The number of aromatic nitrogens is 3. The highest BCUT2D eigenvalue weighted by molar-refractivity contribution is 5.82. The van der Waals surface area contributed by atoms with Gasteiger partial charge in [0, 0.05) is 0 Å². The molecular formula is C26H21N3O4. The third-order valence-corrected chi connectivity index (χ3v) is 5.16. The SMILES string of the molecule is Cc1ccc(COc2ccc(-n3cc(COc4cc(=O)oc5ccccc45)nn3)cc2)cc1. The minimum Gasteiger partial charge on any atom is -0.489 e. The Bertz CT molecular complexity index is 1440. The maximum absolute atomic E-state index is 11.8. The molecule has 0 unspecified atom stereocenters. The molecule has 0 bridgehead atoms. The van der Waals surface area contributed by atoms with Crippen LogP contribution in [-0.4, -0.2) is 15.0 Å². The van der Waals surface area contributed by atoms with Crippen molar-refractivity contribution in [3.63, 3.8) is 0 Å². The van der Waals surface area contributed by atoms with Crippen molar-refractivity contribution in [2.75, 3.05) is 0 Å². The van der Waals surface area contributed by atoms with Crippen LogP contribution in [0.1, 0.15) is 16.8 Å². The maximum Gasteiger partial charge on any atom is 0.339 e. The van der Waals surface area contributed by atoms with E-state index in [2.05, 4.69) is 41.5 Å². The number of para-hydroxylation sites is 1. The Kier molecular flexibility index (Phi) is 5.59. The topological polar surface area (TPSA) is 79.4 Å². The molecule has 7 heteroatoms. The summed E-state index contributed by atoms with van der Waals surface area (Å²) < 4.78 is 18.6. The second-order valence-electron chi connectivity index (χ2n) is 7.64. The van der Waals surface area contributed by atoms with E-state index in [1.54, 1.807) is 23.0 Å². The second kappa shape index (κ2) is 9.00. The van der Waals surface area contributed by atoms with E-state index in [1.165, 1.54) is 11.6 Å². The molecule has 2 aromatic heterocycles. The van der Waals surface area contributed by atoms with Crippen LogP contribution in [0.2, 0.25) is 0 Å². The van der Waals surface area contributed by atoms with Crippen LogP contribution in [0.3, 0.4) is 0 Å². The van der Waals surface area contributed by atoms with E-state index in [9.17, 15) is 4.79 Å². The Balaban J connectivity index is 1.23. The van der Waals surface area contributed by atoms with Gasteiger partial charge in [-0.1, -0.05) is 47.2 Å². The molecule has 164 valence electrons. The zero-order valence-corrected chi connectivity index (χ0v) is 18.0. The summed E-state index contributed by atoms with van der Waals surface area (Å²) in [5, 5.41) is 9.07. The molecule has 33 heavy (non-hydrogen) atoms. The third kappa shape index (κ3) is 4.77. The van der Waals surface area contributed by atoms with Gasteiger partial charge in [0.05, 0.1) is 23.3 Å². The van der Waals surface area contributed by atoms with Crippen molar-refractivity contribution in [2.45, 2.75) is 20.1 Å². The first-order valence-electron chi connectivity index (χ1n) is 10.5. The van der Waals surface area contributed by atoms with Gasteiger partial charge in [0.15, 0.2) is 0 Å². The van der Waals surface area contributed by atoms with E-state index in [0.29, 0.717) is 23.6 Å². The number of hydrogen-bond acceptors (Lipinski definition) is 6. The lowest BCUT2D eigenvalue weighted by Gasteiger charge is -2.08. The van der Waals surface area contributed by atoms with Crippen molar-refractivity contribution >= 4 is 11.0 Å². The van der Waals surface area contributed by atoms with Crippen LogP contribution >= 0.6 is 0 Å². The minimum atomic E-state index is -0.461. The zero-order valence-electron chi connectivity index (χ0n) is 18.0. The zero-order chi connectivity index (χ0) is 22.6. The number of nitrogens with zero attached hydrogens (tertiary/aromatic N) is 3. The van der Waals surface area contributed by atoms with Gasteiger partial charge in [0.1, 0.15) is 36.0 Å². The normalized spacial score (nSPS) is 10.9. The first-order chi connectivity index (χ1) is 16.1. The Morgan fingerprint density at radius 2 is 1.70 bits per heavy atom. The van der Waals surface area contributed by atoms with Gasteiger partial charge in [0.25, 0.3) is 0 Å². The average Bonchev–Trinajstić information content (AvgIpc) is 3.31. The first kappa shape index (κ1) is 20.5. The molecule has 0 saturated heterocycles. The predicted octanol–water partition coefficient (Wildman–Crippen LogP) is 4.84. The fraction of sp³-hybridized carbons (Fsp3) is 0.115. The fourth-order valence-corrected chi connectivity index (χ4v) is 3.39. The number of benzene rings is 3. The van der Waals surface area contributed by atoms with Crippen molar-refractivity contribution in [3.05, 3.63) is 112 Å². The number of ether oxygens (including phenoxy) is 2. The number of fused-ring (bicyclic) bond motifs is 1. The fourth-order valence-electron chi connectivity index (χ4n) is 3.39. The summed E-state index contributed by atoms with van der Waals surface area (Å²) in [4.78, 5) is 11.8. The summed E-state index contributed by atoms with van der Waals surface area (Å²) in [6.07, 6.45) is 1.79. The maximum atomic E-state index is 11.8. The molecule has 0 aliphatic heterocycles. The third-order valence-electron chi connectivity index (χ3n) is 5.16. The largest absolute Gasteiger partial charge is 0.489 e. The summed E-state index contributed by atoms with van der Waals surface area (Å²) in [6, 6.07) is 24.5. The lowest BCUT2D eigenvalue weighted by atomic mass is 10.2. The number of rotatable bonds is 7. The molecular weight excluding hydrogens is 418 g/mol. The summed E-state index contributed by atoms with van der Waals surface area (Å²) in [5.74, 6) is 1.23. The molecule has 0 spiro atoms. The van der Waals surface area contributed by atoms with Crippen LogP contribution in [0, 0.1) is 6.92 Å². The molecule has 0 aliphatic rings. The van der Waals surface area contributed by atoms with E-state index >= 15 is 0 Å². The van der Waals surface area contributed by atoms with E-state index in [-0.39, 0.29) is 6.61 Å². The molecule has 5 aromatic rings. The number of aryl methyl sites for hydroxylation is 1. The van der Waals surface area contributed by atoms with Gasteiger partial charge < -0.3 is 13.9 Å². The Labute approximate surface area is 189 Å². The van der Waals surface area contributed by atoms with Gasteiger partial charge in [-0.15, -0.1) is 5.10 Å². The lowest BCUT2D eigenvalue weighted by molar-refractivity contribution is 0.302. The predicted molar refractivity (Wildman–Crippen MR) is 124 cm³/mol. The molecule has 3 aromatic carbocycles. The van der Waals surface area contributed by atoms with E-state index in [0.717, 1.165) is 22.4 Å². The standard InChI is InChI=1S/C26H21N3O4/c1-18-6-8-19(9-7-18)16-31-22-12-10-21(11-13-22)29-15-20(27-28-29)17-32-25-14-26(30)33-24-5-3-2-4-23(24)25/h2-15H,16-17H2,1H3. The molecule has 0 N–H and O–H groups in total. The smallest absolute Gasteiger partial charge is 0.339 e. The van der Waals surface area contributed by atoms with Gasteiger partial charge in [0.2, 0.25) is 0 Å². The highest BCUT2D eigenvalue weighted by Gasteiger charge is 2.09. The highest BCUT2D eigenvalue weighted by atomic mass is 16.5. The molecule has 0 aliphatic carbocycles. The molecule has 0 fully saturated rings.